The maximum Gasteiger partial charge on any atom is 0.321 e. The number of nitrogens with one attached hydrogen (secondary N) is 2. The first-order valence-corrected chi connectivity index (χ1v) is 22.9. The number of fused-ring (bicyclic) bond motifs is 4. The quantitative estimate of drug-likeness (QED) is 0.0758. The van der Waals surface area contributed by atoms with E-state index < -0.39 is 91.1 Å². The second-order valence-electron chi connectivity index (χ2n) is 17.8. The van der Waals surface area contributed by atoms with Crippen LogP contribution < -0.4 is 10.6 Å². The predicted octanol–water partition coefficient (Wildman–Crippen LogP) is 7.83. The summed E-state index contributed by atoms with van der Waals surface area (Å²) in [5.74, 6) is -2.52. The van der Waals surface area contributed by atoms with E-state index in [-0.39, 0.29) is 63.7 Å². The lowest BCUT2D eigenvalue weighted by Gasteiger charge is -2.23. The molecule has 0 spiro atoms. The van der Waals surface area contributed by atoms with Gasteiger partial charge >= 0.3 is 6.01 Å². The summed E-state index contributed by atoms with van der Waals surface area (Å²) in [5, 5.41) is 32.5. The van der Waals surface area contributed by atoms with Crippen molar-refractivity contribution in [1.82, 2.24) is 40.1 Å². The number of rotatable bonds is 13. The zero-order valence-electron chi connectivity index (χ0n) is 35.1. The van der Waals surface area contributed by atoms with E-state index >= 15 is 8.78 Å². The Labute approximate surface area is 377 Å². The van der Waals surface area contributed by atoms with Crippen LogP contribution >= 0.6 is 11.6 Å². The molecule has 66 heavy (non-hydrogen) atoms. The van der Waals surface area contributed by atoms with Crippen molar-refractivity contribution >= 4 is 50.1 Å². The van der Waals surface area contributed by atoms with E-state index in [0.29, 0.717) is 52.9 Å². The number of pyridine rings is 1. The van der Waals surface area contributed by atoms with E-state index in [1.165, 1.54) is 24.6 Å². The summed E-state index contributed by atoms with van der Waals surface area (Å²) in [4.78, 5) is 19.0. The minimum Gasteiger partial charge on any atom is -0.405 e. The summed E-state index contributed by atoms with van der Waals surface area (Å²) >= 11 is 6.82. The van der Waals surface area contributed by atoms with Crippen LogP contribution in [0.1, 0.15) is 104 Å². The van der Waals surface area contributed by atoms with Crippen LogP contribution in [-0.2, 0) is 46.2 Å². The van der Waals surface area contributed by atoms with Crippen molar-refractivity contribution in [3.63, 3.8) is 0 Å². The van der Waals surface area contributed by atoms with Gasteiger partial charge in [-0.2, -0.15) is 19.0 Å². The van der Waals surface area contributed by atoms with Gasteiger partial charge in [-0.15, -0.1) is 5.10 Å². The summed E-state index contributed by atoms with van der Waals surface area (Å²) in [5.41, 5.74) is -1.92. The van der Waals surface area contributed by atoms with Gasteiger partial charge in [-0.05, 0) is 100 Å². The number of nitrogens with zero attached hydrogens (tertiary/aromatic N) is 7. The zero-order chi connectivity index (χ0) is 46.8. The lowest BCUT2D eigenvalue weighted by Crippen LogP contribution is -2.35. The molecule has 14 nitrogen and oxygen atoms in total. The number of amides is 1. The minimum absolute atomic E-state index is 0.00958. The van der Waals surface area contributed by atoms with Crippen molar-refractivity contribution in [2.45, 2.75) is 98.8 Å². The standard InChI is InChI=1S/C44H38ClF6N9O5S/c1-42(2,66(63,64)24-5-6-24)11-10-23-4-7-25(26-8-9-29(45)33-36(26)59(3)58-39(33)54-41-56-55-40(65-41)43(62)12-13-43)34(52-23)30(16-20-14-21(46)17-22(47)15-20)53-31(61)19-60-37-32(35(57-60)38(48)49)27-18-28(27)44(37,50)51/h4,7-9,14-15,17,24,27-28,30,38,62H,5-6,12-13,16,18-19H2,1-3H3,(H,53,61)(H,54,56,58)/t27-,28+,30-/m0/s1. The molecule has 22 heteroatoms. The van der Waals surface area contributed by atoms with E-state index in [0.717, 1.165) is 12.1 Å². The van der Waals surface area contributed by atoms with Gasteiger partial charge in [0.15, 0.2) is 15.7 Å². The van der Waals surface area contributed by atoms with E-state index in [1.807, 2.05) is 0 Å². The average Bonchev–Trinajstić information content (AvgIpc) is 4.21. The molecular weight excluding hydrogens is 916 g/mol. The molecule has 0 saturated heterocycles. The number of benzene rings is 2. The Morgan fingerprint density at radius 1 is 1.05 bits per heavy atom. The van der Waals surface area contributed by atoms with Gasteiger partial charge in [0.2, 0.25) is 11.8 Å². The van der Waals surface area contributed by atoms with E-state index in [9.17, 15) is 35.9 Å². The number of aliphatic hydroxyl groups is 1. The molecule has 3 atom stereocenters. The number of aryl methyl sites for hydroxylation is 1. The second kappa shape index (κ2) is 15.3. The fourth-order valence-electron chi connectivity index (χ4n) is 8.83. The molecule has 3 fully saturated rings. The topological polar surface area (TPSA) is 183 Å². The van der Waals surface area contributed by atoms with Gasteiger partial charge in [-0.25, -0.2) is 31.0 Å². The lowest BCUT2D eigenvalue weighted by atomic mass is 9.93. The minimum atomic E-state index is -3.67. The van der Waals surface area contributed by atoms with Gasteiger partial charge in [0.05, 0.1) is 32.9 Å². The van der Waals surface area contributed by atoms with Crippen molar-refractivity contribution in [2.75, 3.05) is 5.32 Å². The molecule has 4 aliphatic carbocycles. The number of hydrogen-bond donors (Lipinski definition) is 3. The smallest absolute Gasteiger partial charge is 0.321 e. The average molecular weight is 954 g/mol. The molecule has 0 radical (unpaired) electrons. The number of carbonyl (C=O) groups excluding carboxylic acids is 1. The monoisotopic (exact) mass is 953 g/mol. The van der Waals surface area contributed by atoms with E-state index in [2.05, 4.69) is 42.9 Å². The van der Waals surface area contributed by atoms with Gasteiger partial charge in [-0.1, -0.05) is 28.7 Å². The number of anilines is 2. The van der Waals surface area contributed by atoms with Crippen LogP contribution in [0.3, 0.4) is 0 Å². The van der Waals surface area contributed by atoms with Gasteiger partial charge < -0.3 is 14.8 Å². The van der Waals surface area contributed by atoms with Crippen molar-refractivity contribution in [3.05, 3.63) is 98.9 Å². The largest absolute Gasteiger partial charge is 0.405 e. The Morgan fingerprint density at radius 2 is 1.76 bits per heavy atom. The van der Waals surface area contributed by atoms with E-state index in [4.69, 9.17) is 21.0 Å². The zero-order valence-corrected chi connectivity index (χ0v) is 36.7. The summed E-state index contributed by atoms with van der Waals surface area (Å²) in [7, 11) is -2.06. The molecule has 0 bridgehead atoms. The molecular formula is C44H38ClF6N9O5S. The van der Waals surface area contributed by atoms with Crippen LogP contribution in [0.15, 0.2) is 46.9 Å². The lowest BCUT2D eigenvalue weighted by molar-refractivity contribution is -0.123. The van der Waals surface area contributed by atoms with Crippen LogP contribution in [-0.4, -0.2) is 64.2 Å². The fraction of sp³-hybridized carbons (Fsp3) is 0.409. The van der Waals surface area contributed by atoms with Crippen LogP contribution in [0.25, 0.3) is 22.0 Å². The summed E-state index contributed by atoms with van der Waals surface area (Å²) in [6.07, 6.45) is -1.62. The summed E-state index contributed by atoms with van der Waals surface area (Å²) in [6.45, 7) is 2.02. The Bertz CT molecular complexity index is 3170. The molecule has 3 N–H and O–H groups in total. The van der Waals surface area contributed by atoms with Gasteiger partial charge in [0.1, 0.15) is 45.6 Å². The fourth-order valence-corrected chi connectivity index (χ4v) is 10.9. The third-order valence-corrected chi connectivity index (χ3v) is 15.8. The molecule has 4 aromatic heterocycles. The molecule has 4 aliphatic rings. The number of alkyl halides is 4. The van der Waals surface area contributed by atoms with Gasteiger partial charge in [0, 0.05) is 35.7 Å². The Balaban J connectivity index is 1.10. The molecule has 0 aliphatic heterocycles. The summed E-state index contributed by atoms with van der Waals surface area (Å²) < 4.78 is 122. The molecule has 1 amide bonds. The highest BCUT2D eigenvalue weighted by atomic mass is 35.5. The number of hydrogen-bond acceptors (Lipinski definition) is 11. The van der Waals surface area contributed by atoms with Crippen LogP contribution in [0, 0.1) is 29.4 Å². The number of sulfone groups is 1. The molecule has 344 valence electrons. The Kier molecular flexibility index (Phi) is 10.2. The molecule has 2 aromatic carbocycles. The van der Waals surface area contributed by atoms with Gasteiger partial charge in [0.25, 0.3) is 12.3 Å². The van der Waals surface area contributed by atoms with Crippen molar-refractivity contribution in [1.29, 1.82) is 0 Å². The van der Waals surface area contributed by atoms with Crippen LogP contribution in [0.5, 0.6) is 0 Å². The number of carbonyl (C=O) groups is 1. The van der Waals surface area contributed by atoms with Crippen molar-refractivity contribution < 1.29 is 49.1 Å². The predicted molar refractivity (Wildman–Crippen MR) is 225 cm³/mol. The summed E-state index contributed by atoms with van der Waals surface area (Å²) in [6, 6.07) is 7.56. The highest BCUT2D eigenvalue weighted by Crippen LogP contribution is 2.68. The van der Waals surface area contributed by atoms with E-state index in [1.54, 1.807) is 25.2 Å². The first kappa shape index (κ1) is 43.9. The normalized spacial score (nSPS) is 19.6. The van der Waals surface area contributed by atoms with Crippen molar-refractivity contribution in [3.8, 4) is 23.0 Å². The number of aromatic nitrogens is 7. The maximum atomic E-state index is 15.6. The molecule has 6 aromatic rings. The van der Waals surface area contributed by atoms with Crippen LogP contribution in [0.2, 0.25) is 5.02 Å². The maximum absolute atomic E-state index is 15.6. The Hall–Kier alpha value is -5.98. The molecule has 0 unspecified atom stereocenters. The molecule has 4 heterocycles. The van der Waals surface area contributed by atoms with Gasteiger partial charge in [-0.3, -0.25) is 19.5 Å². The number of halogens is 7. The van der Waals surface area contributed by atoms with Crippen LogP contribution in [0.4, 0.5) is 38.2 Å². The molecule has 3 saturated carbocycles. The Morgan fingerprint density at radius 3 is 2.44 bits per heavy atom. The van der Waals surface area contributed by atoms with Crippen molar-refractivity contribution in [2.24, 2.45) is 13.0 Å². The first-order chi connectivity index (χ1) is 31.1. The third-order valence-electron chi connectivity index (χ3n) is 12.6. The molecule has 10 rings (SSSR count). The SMILES string of the molecule is Cn1nc(Nc2nnc(C3(O)CC3)o2)c2c(Cl)ccc(-c3ccc(C#CC(C)(C)S(=O)(=O)C4CC4)nc3[C@H](Cc3cc(F)cc(F)c3)NC(=O)Cn3nc(C(F)F)c4c3C(F)(F)[C@@H]3C[C@H]43)c21. The third kappa shape index (κ3) is 7.55. The highest BCUT2D eigenvalue weighted by Gasteiger charge is 2.67. The first-order valence-electron chi connectivity index (χ1n) is 20.9. The highest BCUT2D eigenvalue weighted by molar-refractivity contribution is 7.93. The second-order valence-corrected chi connectivity index (χ2v) is 21.0.